The second kappa shape index (κ2) is 6.53. The van der Waals surface area contributed by atoms with Gasteiger partial charge in [-0.1, -0.05) is 42.5 Å². The zero-order valence-corrected chi connectivity index (χ0v) is 15.5. The van der Waals surface area contributed by atoms with Crippen molar-refractivity contribution in [1.82, 2.24) is 10.2 Å². The van der Waals surface area contributed by atoms with Crippen molar-refractivity contribution in [2.75, 3.05) is 13.1 Å². The second-order valence-corrected chi connectivity index (χ2v) is 7.61. The first-order valence-electron chi connectivity index (χ1n) is 9.66. The molecule has 0 atom stereocenters. The van der Waals surface area contributed by atoms with Crippen LogP contribution in [-0.4, -0.2) is 34.7 Å². The van der Waals surface area contributed by atoms with Crippen molar-refractivity contribution in [2.45, 2.75) is 25.1 Å². The highest BCUT2D eigenvalue weighted by Gasteiger charge is 2.42. The van der Waals surface area contributed by atoms with Crippen molar-refractivity contribution in [3.05, 3.63) is 71.8 Å². The predicted octanol–water partition coefficient (Wildman–Crippen LogP) is 3.66. The Bertz CT molecular complexity index is 1050. The molecule has 2 aliphatic heterocycles. The average Bonchev–Trinajstić information content (AvgIpc) is 2.72. The highest BCUT2D eigenvalue weighted by atomic mass is 16.5. The summed E-state index contributed by atoms with van der Waals surface area (Å²) >= 11 is 0. The van der Waals surface area contributed by atoms with Gasteiger partial charge in [-0.25, -0.2) is 0 Å². The van der Waals surface area contributed by atoms with Crippen LogP contribution in [-0.2, 0) is 6.54 Å². The summed E-state index contributed by atoms with van der Waals surface area (Å²) in [5.74, 6) is 0.920. The molecule has 0 bridgehead atoms. The largest absolute Gasteiger partial charge is 0.508 e. The van der Waals surface area contributed by atoms with E-state index in [0.29, 0.717) is 36.4 Å². The monoisotopic (exact) mass is 374 g/mol. The summed E-state index contributed by atoms with van der Waals surface area (Å²) in [5.41, 5.74) is 0.909. The van der Waals surface area contributed by atoms with Gasteiger partial charge in [-0.05, 0) is 29.0 Å². The molecule has 3 aromatic rings. The van der Waals surface area contributed by atoms with E-state index in [9.17, 15) is 9.90 Å². The molecule has 0 aromatic heterocycles. The van der Waals surface area contributed by atoms with Gasteiger partial charge in [0.25, 0.3) is 5.91 Å². The van der Waals surface area contributed by atoms with Crippen LogP contribution in [0.15, 0.2) is 60.7 Å². The number of phenols is 1. The Kier molecular flexibility index (Phi) is 3.98. The number of phenolic OH excluding ortho intramolecular Hbond substituents is 1. The van der Waals surface area contributed by atoms with Crippen LogP contribution in [0.1, 0.15) is 28.8 Å². The van der Waals surface area contributed by atoms with Gasteiger partial charge in [0.2, 0.25) is 0 Å². The molecule has 3 aromatic carbocycles. The van der Waals surface area contributed by atoms with E-state index in [-0.39, 0.29) is 5.91 Å². The molecule has 1 spiro atoms. The zero-order valence-electron chi connectivity index (χ0n) is 15.5. The smallest absolute Gasteiger partial charge is 0.258 e. The van der Waals surface area contributed by atoms with Crippen LogP contribution < -0.4 is 10.1 Å². The topological polar surface area (TPSA) is 61.8 Å². The van der Waals surface area contributed by atoms with Crippen LogP contribution in [0, 0.1) is 0 Å². The van der Waals surface area contributed by atoms with E-state index in [2.05, 4.69) is 22.3 Å². The van der Waals surface area contributed by atoms with Gasteiger partial charge in [-0.2, -0.15) is 0 Å². The van der Waals surface area contributed by atoms with Crippen molar-refractivity contribution in [2.24, 2.45) is 0 Å². The van der Waals surface area contributed by atoms with Gasteiger partial charge < -0.3 is 15.2 Å². The zero-order chi connectivity index (χ0) is 19.1. The number of likely N-dealkylation sites (tertiary alicyclic amines) is 1. The number of ether oxygens (including phenoxy) is 1. The molecule has 0 aliphatic carbocycles. The first-order chi connectivity index (χ1) is 13.6. The number of nitrogens with zero attached hydrogens (tertiary/aromatic N) is 1. The summed E-state index contributed by atoms with van der Waals surface area (Å²) in [6, 6.07) is 19.2. The number of hydrogen-bond acceptors (Lipinski definition) is 4. The van der Waals surface area contributed by atoms with Crippen molar-refractivity contribution >= 4 is 16.7 Å². The number of hydrogen-bond donors (Lipinski definition) is 2. The number of amides is 1. The molecule has 28 heavy (non-hydrogen) atoms. The average molecular weight is 374 g/mol. The highest BCUT2D eigenvalue weighted by Crippen LogP contribution is 2.35. The molecular weight excluding hydrogens is 352 g/mol. The number of carbonyl (C=O) groups is 1. The van der Waals surface area contributed by atoms with Crippen LogP contribution >= 0.6 is 0 Å². The maximum absolute atomic E-state index is 12.5. The maximum Gasteiger partial charge on any atom is 0.258 e. The Morgan fingerprint density at radius 2 is 1.75 bits per heavy atom. The number of carbonyl (C=O) groups excluding carboxylic acids is 1. The van der Waals surface area contributed by atoms with E-state index in [1.807, 2.05) is 36.4 Å². The third kappa shape index (κ3) is 2.88. The SMILES string of the molecule is O=C1NC2(CCN(Cc3c(O)ccc4ccccc34)CC2)Oc2ccccc21. The fourth-order valence-electron chi connectivity index (χ4n) is 4.27. The third-order valence-corrected chi connectivity index (χ3v) is 5.84. The predicted molar refractivity (Wildman–Crippen MR) is 107 cm³/mol. The second-order valence-electron chi connectivity index (χ2n) is 7.61. The van der Waals surface area contributed by atoms with Crippen molar-refractivity contribution in [3.63, 3.8) is 0 Å². The van der Waals surface area contributed by atoms with Crippen molar-refractivity contribution in [3.8, 4) is 11.5 Å². The lowest BCUT2D eigenvalue weighted by atomic mass is 9.96. The van der Waals surface area contributed by atoms with E-state index in [1.165, 1.54) is 0 Å². The normalized spacial score (nSPS) is 18.5. The highest BCUT2D eigenvalue weighted by molar-refractivity contribution is 5.98. The first kappa shape index (κ1) is 17.1. The minimum Gasteiger partial charge on any atom is -0.508 e. The molecule has 142 valence electrons. The maximum atomic E-state index is 12.5. The number of aromatic hydroxyl groups is 1. The van der Waals surface area contributed by atoms with Gasteiger partial charge in [0.05, 0.1) is 5.56 Å². The van der Waals surface area contributed by atoms with E-state index in [4.69, 9.17) is 4.74 Å². The summed E-state index contributed by atoms with van der Waals surface area (Å²) < 4.78 is 6.22. The summed E-state index contributed by atoms with van der Waals surface area (Å²) in [6.07, 6.45) is 1.41. The van der Waals surface area contributed by atoms with Gasteiger partial charge in [0.1, 0.15) is 11.5 Å². The summed E-state index contributed by atoms with van der Waals surface area (Å²) in [6.45, 7) is 2.24. The lowest BCUT2D eigenvalue weighted by Crippen LogP contribution is -2.60. The molecule has 1 fully saturated rings. The van der Waals surface area contributed by atoms with Crippen LogP contribution in [0.4, 0.5) is 0 Å². The Balaban J connectivity index is 1.34. The van der Waals surface area contributed by atoms with Crippen LogP contribution in [0.5, 0.6) is 11.5 Å². The molecule has 0 unspecified atom stereocenters. The van der Waals surface area contributed by atoms with Gasteiger partial charge in [-0.3, -0.25) is 9.69 Å². The van der Waals surface area contributed by atoms with E-state index in [0.717, 1.165) is 29.4 Å². The van der Waals surface area contributed by atoms with E-state index in [1.54, 1.807) is 12.1 Å². The number of para-hydroxylation sites is 1. The number of benzene rings is 3. The lowest BCUT2D eigenvalue weighted by molar-refractivity contribution is -0.0304. The van der Waals surface area contributed by atoms with E-state index >= 15 is 0 Å². The van der Waals surface area contributed by atoms with Crippen LogP contribution in [0.3, 0.4) is 0 Å². The quantitative estimate of drug-likeness (QED) is 0.719. The lowest BCUT2D eigenvalue weighted by Gasteiger charge is -2.44. The molecule has 2 heterocycles. The molecule has 0 saturated carbocycles. The fourth-order valence-corrected chi connectivity index (χ4v) is 4.27. The Hall–Kier alpha value is -3.05. The molecule has 5 nitrogen and oxygen atoms in total. The molecule has 1 amide bonds. The molecule has 0 radical (unpaired) electrons. The first-order valence-corrected chi connectivity index (χ1v) is 9.66. The number of rotatable bonds is 2. The van der Waals surface area contributed by atoms with Gasteiger partial charge in [0, 0.05) is 38.0 Å². The minimum atomic E-state index is -0.636. The summed E-state index contributed by atoms with van der Waals surface area (Å²) in [5, 5.41) is 15.7. The summed E-state index contributed by atoms with van der Waals surface area (Å²) in [4.78, 5) is 14.8. The fraction of sp³-hybridized carbons (Fsp3) is 0.261. The third-order valence-electron chi connectivity index (χ3n) is 5.84. The molecule has 5 rings (SSSR count). The van der Waals surface area contributed by atoms with Crippen LogP contribution in [0.25, 0.3) is 10.8 Å². The Labute approximate surface area is 163 Å². The van der Waals surface area contributed by atoms with Crippen LogP contribution in [0.2, 0.25) is 0 Å². The number of nitrogens with one attached hydrogen (secondary N) is 1. The van der Waals surface area contributed by atoms with Gasteiger partial charge in [-0.15, -0.1) is 0 Å². The standard InChI is InChI=1S/C23H22N2O3/c26-20-10-9-16-5-1-2-6-17(16)19(20)15-25-13-11-23(12-14-25)24-22(27)18-7-3-4-8-21(18)28-23/h1-10,26H,11-15H2,(H,24,27). The Morgan fingerprint density at radius 3 is 2.61 bits per heavy atom. The van der Waals surface area contributed by atoms with Crippen molar-refractivity contribution < 1.29 is 14.6 Å². The summed E-state index contributed by atoms with van der Waals surface area (Å²) in [7, 11) is 0. The molecule has 5 heteroatoms. The minimum absolute atomic E-state index is 0.0676. The molecule has 2 aliphatic rings. The van der Waals surface area contributed by atoms with E-state index < -0.39 is 5.72 Å². The molecular formula is C23H22N2O3. The molecule has 1 saturated heterocycles. The Morgan fingerprint density at radius 1 is 1.00 bits per heavy atom. The number of fused-ring (bicyclic) bond motifs is 2. The van der Waals surface area contributed by atoms with Crippen molar-refractivity contribution in [1.29, 1.82) is 0 Å². The molecule has 2 N–H and O–H groups in total. The van der Waals surface area contributed by atoms with Gasteiger partial charge >= 0.3 is 0 Å². The number of piperidine rings is 1. The van der Waals surface area contributed by atoms with Gasteiger partial charge in [0.15, 0.2) is 5.72 Å².